The maximum absolute atomic E-state index is 13.6. The Bertz CT molecular complexity index is 1130. The summed E-state index contributed by atoms with van der Waals surface area (Å²) in [5, 5.41) is 3.09. The van der Waals surface area contributed by atoms with Gasteiger partial charge in [0, 0.05) is 31.2 Å². The van der Waals surface area contributed by atoms with E-state index < -0.39 is 6.04 Å². The quantitative estimate of drug-likeness (QED) is 0.602. The normalized spacial score (nSPS) is 22.2. The van der Waals surface area contributed by atoms with Crippen LogP contribution in [0.1, 0.15) is 71.7 Å². The van der Waals surface area contributed by atoms with E-state index in [1.54, 1.807) is 15.9 Å². The van der Waals surface area contributed by atoms with Crippen molar-refractivity contribution in [3.05, 3.63) is 65.2 Å². The number of amides is 3. The molecule has 36 heavy (non-hydrogen) atoms. The Labute approximate surface area is 213 Å². The zero-order chi connectivity index (χ0) is 25.1. The lowest BCUT2D eigenvalue weighted by Gasteiger charge is -2.33. The maximum atomic E-state index is 13.6. The summed E-state index contributed by atoms with van der Waals surface area (Å²) in [4.78, 5) is 45.9. The van der Waals surface area contributed by atoms with E-state index in [1.807, 2.05) is 42.5 Å². The second-order valence-corrected chi connectivity index (χ2v) is 10.2. The monoisotopic (exact) mass is 488 g/mol. The van der Waals surface area contributed by atoms with E-state index in [0.29, 0.717) is 42.4 Å². The summed E-state index contributed by atoms with van der Waals surface area (Å²) in [6.45, 7) is 5.90. The molecule has 3 heterocycles. The van der Waals surface area contributed by atoms with Crippen molar-refractivity contribution in [1.82, 2.24) is 15.1 Å². The first-order chi connectivity index (χ1) is 17.5. The van der Waals surface area contributed by atoms with Crippen LogP contribution >= 0.6 is 0 Å². The molecule has 0 saturated carbocycles. The van der Waals surface area contributed by atoms with Crippen LogP contribution < -0.4 is 10.2 Å². The molecule has 190 valence electrons. The lowest BCUT2D eigenvalue weighted by atomic mass is 10.0. The number of likely N-dealkylation sites (tertiary alicyclic amines) is 1. The van der Waals surface area contributed by atoms with E-state index in [1.165, 1.54) is 19.3 Å². The van der Waals surface area contributed by atoms with Gasteiger partial charge in [0.05, 0.1) is 17.8 Å². The van der Waals surface area contributed by atoms with Crippen LogP contribution in [0.5, 0.6) is 0 Å². The molecule has 0 aromatic heterocycles. The zero-order valence-electron chi connectivity index (χ0n) is 21.1. The van der Waals surface area contributed by atoms with Gasteiger partial charge in [-0.15, -0.1) is 0 Å². The van der Waals surface area contributed by atoms with E-state index in [4.69, 9.17) is 0 Å². The van der Waals surface area contributed by atoms with Gasteiger partial charge in [0.2, 0.25) is 5.91 Å². The fraction of sp³-hybridized carbons (Fsp3) is 0.483. The van der Waals surface area contributed by atoms with E-state index >= 15 is 0 Å². The van der Waals surface area contributed by atoms with Gasteiger partial charge in [0.1, 0.15) is 6.04 Å². The number of carbonyl (C=O) groups excluding carboxylic acids is 3. The lowest BCUT2D eigenvalue weighted by molar-refractivity contribution is -0.122. The van der Waals surface area contributed by atoms with Gasteiger partial charge in [0.25, 0.3) is 11.8 Å². The number of nitrogens with one attached hydrogen (secondary N) is 1. The summed E-state index contributed by atoms with van der Waals surface area (Å²) in [5.41, 5.74) is 2.52. The van der Waals surface area contributed by atoms with Crippen LogP contribution in [-0.2, 0) is 11.3 Å². The summed E-state index contributed by atoms with van der Waals surface area (Å²) in [6.07, 6.45) is 6.23. The molecule has 3 aliphatic rings. The third-order valence-corrected chi connectivity index (χ3v) is 7.93. The van der Waals surface area contributed by atoms with Crippen molar-refractivity contribution in [2.45, 2.75) is 64.1 Å². The number of hydrogen-bond donors (Lipinski definition) is 1. The zero-order valence-corrected chi connectivity index (χ0v) is 21.1. The Balaban J connectivity index is 1.30. The van der Waals surface area contributed by atoms with Crippen LogP contribution in [0.2, 0.25) is 0 Å². The van der Waals surface area contributed by atoms with Crippen LogP contribution in [0, 0.1) is 0 Å². The van der Waals surface area contributed by atoms with E-state index in [-0.39, 0.29) is 24.3 Å². The molecular formula is C29H36N4O3. The van der Waals surface area contributed by atoms with Gasteiger partial charge >= 0.3 is 0 Å². The molecule has 0 spiro atoms. The molecule has 0 radical (unpaired) electrons. The summed E-state index contributed by atoms with van der Waals surface area (Å²) in [5.74, 6) is -0.277. The fourth-order valence-electron chi connectivity index (χ4n) is 5.89. The maximum Gasteiger partial charge on any atom is 0.256 e. The molecule has 7 nitrogen and oxygen atoms in total. The van der Waals surface area contributed by atoms with Gasteiger partial charge in [-0.2, -0.15) is 0 Å². The molecule has 3 aliphatic heterocycles. The number of hydrogen-bond acceptors (Lipinski definition) is 4. The highest BCUT2D eigenvalue weighted by molar-refractivity contribution is 6.11. The van der Waals surface area contributed by atoms with Crippen molar-refractivity contribution in [3.8, 4) is 0 Å². The van der Waals surface area contributed by atoms with Crippen LogP contribution in [0.15, 0.2) is 48.5 Å². The molecule has 2 unspecified atom stereocenters. The average Bonchev–Trinajstić information content (AvgIpc) is 3.37. The number of fused-ring (bicyclic) bond motifs is 2. The molecule has 0 aliphatic carbocycles. The number of para-hydroxylation sites is 1. The molecule has 3 amide bonds. The number of carbonyl (C=O) groups is 3. The first kappa shape index (κ1) is 24.5. The third kappa shape index (κ3) is 4.89. The van der Waals surface area contributed by atoms with Crippen LogP contribution in [-0.4, -0.2) is 65.8 Å². The Kier molecular flexibility index (Phi) is 7.37. The highest BCUT2D eigenvalue weighted by atomic mass is 16.2. The smallest absolute Gasteiger partial charge is 0.256 e. The first-order valence-electron chi connectivity index (χ1n) is 13.4. The highest BCUT2D eigenvalue weighted by Gasteiger charge is 2.42. The summed E-state index contributed by atoms with van der Waals surface area (Å²) in [7, 11) is 0. The Morgan fingerprint density at radius 2 is 1.78 bits per heavy atom. The average molecular weight is 489 g/mol. The Hall–Kier alpha value is -3.19. The van der Waals surface area contributed by atoms with Crippen molar-refractivity contribution < 1.29 is 14.4 Å². The second kappa shape index (κ2) is 10.8. The van der Waals surface area contributed by atoms with Crippen molar-refractivity contribution in [1.29, 1.82) is 0 Å². The summed E-state index contributed by atoms with van der Waals surface area (Å²) in [6, 6.07) is 15.0. The van der Waals surface area contributed by atoms with Crippen molar-refractivity contribution in [2.75, 3.05) is 31.1 Å². The number of anilines is 1. The van der Waals surface area contributed by atoms with Gasteiger partial charge in [0.15, 0.2) is 0 Å². The van der Waals surface area contributed by atoms with Crippen molar-refractivity contribution in [3.63, 3.8) is 0 Å². The minimum atomic E-state index is -0.442. The standard InChI is InChI=1S/C29H36N4O3/c1-21-10-6-7-17-31(21)18-9-16-30-27(34)23-12-3-2-11-22(23)20-33-25-14-5-4-13-24(25)28(35)32-19-8-15-26(32)29(33)36/h2-5,11-14,21,26H,6-10,15-20H2,1H3,(H,30,34). The molecule has 2 atom stereocenters. The Morgan fingerprint density at radius 1 is 0.972 bits per heavy atom. The topological polar surface area (TPSA) is 73.0 Å². The number of nitrogens with zero attached hydrogens (tertiary/aromatic N) is 3. The van der Waals surface area contributed by atoms with Crippen molar-refractivity contribution in [2.24, 2.45) is 0 Å². The number of benzene rings is 2. The SMILES string of the molecule is CC1CCCCN1CCCNC(=O)c1ccccc1CN1C(=O)C2CCCN2C(=O)c2ccccc21. The predicted octanol–water partition coefficient (Wildman–Crippen LogP) is 3.83. The summed E-state index contributed by atoms with van der Waals surface area (Å²) < 4.78 is 0. The van der Waals surface area contributed by atoms with Gasteiger partial charge in [-0.25, -0.2) is 0 Å². The van der Waals surface area contributed by atoms with Crippen LogP contribution in [0.3, 0.4) is 0 Å². The largest absolute Gasteiger partial charge is 0.352 e. The molecule has 5 rings (SSSR count). The second-order valence-electron chi connectivity index (χ2n) is 10.2. The van der Waals surface area contributed by atoms with Crippen molar-refractivity contribution >= 4 is 23.4 Å². The minimum absolute atomic E-state index is 0.0725. The van der Waals surface area contributed by atoms with E-state index in [2.05, 4.69) is 17.1 Å². The number of piperidine rings is 1. The van der Waals surface area contributed by atoms with Gasteiger partial charge < -0.3 is 20.0 Å². The minimum Gasteiger partial charge on any atom is -0.352 e. The first-order valence-corrected chi connectivity index (χ1v) is 13.4. The molecule has 2 saturated heterocycles. The molecule has 2 aromatic carbocycles. The molecular weight excluding hydrogens is 452 g/mol. The van der Waals surface area contributed by atoms with Gasteiger partial charge in [-0.3, -0.25) is 14.4 Å². The molecule has 0 bridgehead atoms. The fourth-order valence-corrected chi connectivity index (χ4v) is 5.89. The van der Waals surface area contributed by atoms with Gasteiger partial charge in [-0.1, -0.05) is 36.8 Å². The van der Waals surface area contributed by atoms with E-state index in [9.17, 15) is 14.4 Å². The summed E-state index contributed by atoms with van der Waals surface area (Å²) >= 11 is 0. The number of rotatable bonds is 7. The molecule has 1 N–H and O–H groups in total. The van der Waals surface area contributed by atoms with Crippen LogP contribution in [0.25, 0.3) is 0 Å². The van der Waals surface area contributed by atoms with Crippen LogP contribution in [0.4, 0.5) is 5.69 Å². The lowest BCUT2D eigenvalue weighted by Crippen LogP contribution is -2.44. The Morgan fingerprint density at radius 3 is 2.64 bits per heavy atom. The molecule has 2 aromatic rings. The molecule has 7 heteroatoms. The van der Waals surface area contributed by atoms with Gasteiger partial charge in [-0.05, 0) is 69.3 Å². The predicted molar refractivity (Wildman–Crippen MR) is 140 cm³/mol. The van der Waals surface area contributed by atoms with E-state index in [0.717, 1.165) is 31.5 Å². The third-order valence-electron chi connectivity index (χ3n) is 7.93. The highest BCUT2D eigenvalue weighted by Crippen LogP contribution is 2.33. The molecule has 2 fully saturated rings.